The van der Waals surface area contributed by atoms with Crippen LogP contribution < -0.4 is 5.32 Å². The lowest BCUT2D eigenvalue weighted by Crippen LogP contribution is -2.53. The van der Waals surface area contributed by atoms with Crippen molar-refractivity contribution in [2.24, 2.45) is 0 Å². The molecule has 0 atom stereocenters. The molecule has 1 aromatic heterocycles. The fraction of sp³-hybridized carbons (Fsp3) is 0.320. The molecule has 2 amide bonds. The first kappa shape index (κ1) is 22.6. The van der Waals surface area contributed by atoms with Crippen LogP contribution in [-0.4, -0.2) is 62.4 Å². The highest BCUT2D eigenvalue weighted by molar-refractivity contribution is 5.95. The van der Waals surface area contributed by atoms with Gasteiger partial charge in [0.1, 0.15) is 12.1 Å². The zero-order valence-electron chi connectivity index (χ0n) is 19.2. The van der Waals surface area contributed by atoms with E-state index in [1.54, 1.807) is 0 Å². The second-order valence-electron chi connectivity index (χ2n) is 8.87. The summed E-state index contributed by atoms with van der Waals surface area (Å²) in [6.07, 6.45) is 1.47. The van der Waals surface area contributed by atoms with Crippen molar-refractivity contribution in [2.45, 2.75) is 37.1 Å². The number of carbonyl (C=O) groups excluding carboxylic acids is 2. The fourth-order valence-corrected chi connectivity index (χ4v) is 5.14. The smallest absolute Gasteiger partial charge is 0.414 e. The van der Waals surface area contributed by atoms with Gasteiger partial charge in [-0.3, -0.25) is 15.2 Å². The third kappa shape index (κ3) is 3.90. The van der Waals surface area contributed by atoms with Gasteiger partial charge in [-0.15, -0.1) is 5.10 Å². The van der Waals surface area contributed by atoms with Crippen LogP contribution in [0.15, 0.2) is 48.5 Å². The average molecular weight is 476 g/mol. The summed E-state index contributed by atoms with van der Waals surface area (Å²) in [7, 11) is 1.45. The van der Waals surface area contributed by atoms with Gasteiger partial charge in [-0.1, -0.05) is 61.4 Å². The molecule has 180 valence electrons. The van der Waals surface area contributed by atoms with Crippen LogP contribution in [0.4, 0.5) is 10.7 Å². The normalized spacial score (nSPS) is 15.8. The summed E-state index contributed by atoms with van der Waals surface area (Å²) in [6, 6.07) is 16.0. The molecule has 1 fully saturated rings. The number of carboxylic acid groups (broad SMARTS) is 1. The quantitative estimate of drug-likeness (QED) is 0.495. The molecule has 10 nitrogen and oxygen atoms in total. The number of aliphatic carboxylic acids is 1. The minimum atomic E-state index is -1.26. The molecule has 1 heterocycles. The number of H-pyrrole nitrogens is 1. The Morgan fingerprint density at radius 3 is 2.29 bits per heavy atom. The molecule has 1 saturated carbocycles. The molecule has 2 aromatic carbocycles. The number of nitrogens with zero attached hydrogens (tertiary/aromatic N) is 3. The topological polar surface area (TPSA) is 138 Å². The number of nitrogens with one attached hydrogen (secondary N) is 2. The second-order valence-corrected chi connectivity index (χ2v) is 8.87. The number of carboxylic acids is 1. The summed E-state index contributed by atoms with van der Waals surface area (Å²) in [4.78, 5) is 42.4. The number of aromatic amines is 1. The van der Waals surface area contributed by atoms with E-state index in [4.69, 9.17) is 4.74 Å². The first-order chi connectivity index (χ1) is 16.9. The molecule has 0 aliphatic heterocycles. The van der Waals surface area contributed by atoms with Gasteiger partial charge in [0.25, 0.3) is 11.9 Å². The molecule has 0 radical (unpaired) electrons. The molecule has 0 unspecified atom stereocenters. The Labute approximate surface area is 201 Å². The number of hydrogen-bond acceptors (Lipinski definition) is 6. The molecular weight excluding hydrogens is 450 g/mol. The van der Waals surface area contributed by atoms with Gasteiger partial charge in [-0.2, -0.15) is 4.98 Å². The van der Waals surface area contributed by atoms with E-state index >= 15 is 0 Å². The molecule has 3 aromatic rings. The highest BCUT2D eigenvalue weighted by atomic mass is 16.5. The lowest BCUT2D eigenvalue weighted by Gasteiger charge is -2.34. The van der Waals surface area contributed by atoms with Crippen molar-refractivity contribution < 1.29 is 24.2 Å². The van der Waals surface area contributed by atoms with Crippen LogP contribution in [0.1, 0.15) is 53.3 Å². The maximum Gasteiger partial charge on any atom is 0.414 e. The van der Waals surface area contributed by atoms with Gasteiger partial charge in [0.05, 0.1) is 0 Å². The summed E-state index contributed by atoms with van der Waals surface area (Å²) in [6.45, 7) is 0.125. The Morgan fingerprint density at radius 1 is 1.09 bits per heavy atom. The first-order valence-electron chi connectivity index (χ1n) is 11.5. The number of likely N-dealkylation sites (N-methyl/N-ethyl adjacent to an activating group) is 1. The Morgan fingerprint density at radius 2 is 1.69 bits per heavy atom. The number of aromatic nitrogens is 3. The number of benzene rings is 2. The highest BCUT2D eigenvalue weighted by Crippen LogP contribution is 2.44. The van der Waals surface area contributed by atoms with Gasteiger partial charge in [0.2, 0.25) is 5.82 Å². The Kier molecular flexibility index (Phi) is 5.72. The van der Waals surface area contributed by atoms with Crippen LogP contribution >= 0.6 is 0 Å². The molecule has 2 aliphatic rings. The monoisotopic (exact) mass is 475 g/mol. The van der Waals surface area contributed by atoms with E-state index in [1.165, 1.54) is 11.9 Å². The minimum Gasteiger partial charge on any atom is -0.479 e. The summed E-state index contributed by atoms with van der Waals surface area (Å²) in [5.74, 6) is -2.03. The third-order valence-electron chi connectivity index (χ3n) is 7.02. The first-order valence-corrected chi connectivity index (χ1v) is 11.5. The van der Waals surface area contributed by atoms with Gasteiger partial charge in [0.15, 0.2) is 0 Å². The largest absolute Gasteiger partial charge is 0.479 e. The van der Waals surface area contributed by atoms with Crippen molar-refractivity contribution in [1.82, 2.24) is 20.1 Å². The molecule has 10 heteroatoms. The van der Waals surface area contributed by atoms with Crippen LogP contribution in [0, 0.1) is 0 Å². The van der Waals surface area contributed by atoms with Gasteiger partial charge < -0.3 is 14.7 Å². The predicted octanol–water partition coefficient (Wildman–Crippen LogP) is 3.64. The molecular formula is C25H25N5O5. The minimum absolute atomic E-state index is 0.0929. The van der Waals surface area contributed by atoms with Crippen LogP contribution in [0.2, 0.25) is 0 Å². The van der Waals surface area contributed by atoms with Gasteiger partial charge in [-0.05, 0) is 35.1 Å². The van der Waals surface area contributed by atoms with Crippen LogP contribution in [0.25, 0.3) is 11.1 Å². The maximum absolute atomic E-state index is 12.9. The molecule has 3 N–H and O–H groups in total. The third-order valence-corrected chi connectivity index (χ3v) is 7.02. The number of fused-ring (bicyclic) bond motifs is 3. The number of ether oxygens (including phenoxy) is 1. The number of anilines is 1. The van der Waals surface area contributed by atoms with Crippen molar-refractivity contribution in [3.8, 4) is 11.1 Å². The summed E-state index contributed by atoms with van der Waals surface area (Å²) in [5, 5.41) is 18.5. The number of rotatable bonds is 6. The molecule has 0 saturated heterocycles. The van der Waals surface area contributed by atoms with Crippen molar-refractivity contribution in [1.29, 1.82) is 0 Å². The van der Waals surface area contributed by atoms with E-state index < -0.39 is 23.5 Å². The standard InChI is InChI=1S/C25H25N5O5/c1-30(25(22(32)33)12-6-7-13-25)21(31)20-26-23(29-28-20)27-24(34)35-14-19-17-10-4-2-8-15(17)16-9-3-5-11-18(16)19/h2-5,8-11,19H,6-7,12-14H2,1H3,(H,32,33)(H2,26,27,28,29,34). The number of amides is 2. The molecule has 0 bridgehead atoms. The zero-order valence-corrected chi connectivity index (χ0v) is 19.2. The van der Waals surface area contributed by atoms with Crippen molar-refractivity contribution >= 4 is 23.9 Å². The van der Waals surface area contributed by atoms with Gasteiger partial charge >= 0.3 is 12.1 Å². The Bertz CT molecular complexity index is 1250. The van der Waals surface area contributed by atoms with E-state index in [9.17, 15) is 19.5 Å². The van der Waals surface area contributed by atoms with Gasteiger partial charge in [0, 0.05) is 13.0 Å². The Balaban J connectivity index is 1.23. The van der Waals surface area contributed by atoms with Crippen molar-refractivity contribution in [3.05, 3.63) is 65.5 Å². The van der Waals surface area contributed by atoms with Crippen molar-refractivity contribution in [3.63, 3.8) is 0 Å². The van der Waals surface area contributed by atoms with Crippen molar-refractivity contribution in [2.75, 3.05) is 19.0 Å². The van der Waals surface area contributed by atoms with E-state index in [-0.39, 0.29) is 24.3 Å². The molecule has 2 aliphatic carbocycles. The SMILES string of the molecule is CN(C(=O)c1nc(NC(=O)OCC2c3ccccc3-c3ccccc32)n[nH]1)C1(C(=O)O)CCCC1. The zero-order chi connectivity index (χ0) is 24.6. The average Bonchev–Trinajstić information content (AvgIpc) is 3.60. The Hall–Kier alpha value is -4.21. The number of carbonyl (C=O) groups is 3. The molecule has 0 spiro atoms. The van der Waals surface area contributed by atoms with E-state index in [0.717, 1.165) is 35.1 Å². The summed E-state index contributed by atoms with van der Waals surface area (Å²) >= 11 is 0. The summed E-state index contributed by atoms with van der Waals surface area (Å²) < 4.78 is 5.47. The fourth-order valence-electron chi connectivity index (χ4n) is 5.14. The molecule has 5 rings (SSSR count). The maximum atomic E-state index is 12.9. The predicted molar refractivity (Wildman–Crippen MR) is 126 cm³/mol. The summed E-state index contributed by atoms with van der Waals surface area (Å²) in [5.41, 5.74) is 3.17. The van der Waals surface area contributed by atoms with Gasteiger partial charge in [-0.25, -0.2) is 9.59 Å². The highest BCUT2D eigenvalue weighted by Gasteiger charge is 2.47. The van der Waals surface area contributed by atoms with E-state index in [1.807, 2.05) is 36.4 Å². The molecule has 35 heavy (non-hydrogen) atoms. The van der Waals surface area contributed by atoms with Crippen LogP contribution in [0.5, 0.6) is 0 Å². The second kappa shape index (κ2) is 8.86. The van der Waals surface area contributed by atoms with Crippen LogP contribution in [0.3, 0.4) is 0 Å². The number of hydrogen-bond donors (Lipinski definition) is 3. The van der Waals surface area contributed by atoms with E-state index in [2.05, 4.69) is 32.6 Å². The van der Waals surface area contributed by atoms with Crippen LogP contribution in [-0.2, 0) is 9.53 Å². The lowest BCUT2D eigenvalue weighted by atomic mass is 9.95. The van der Waals surface area contributed by atoms with E-state index in [0.29, 0.717) is 12.8 Å². The lowest BCUT2D eigenvalue weighted by molar-refractivity contribution is -0.148.